The lowest BCUT2D eigenvalue weighted by Crippen LogP contribution is -2.10. The Morgan fingerprint density at radius 2 is 2.04 bits per heavy atom. The average molecular weight is 369 g/mol. The van der Waals surface area contributed by atoms with Gasteiger partial charge in [0.05, 0.1) is 11.3 Å². The third-order valence-corrected chi connectivity index (χ3v) is 4.88. The van der Waals surface area contributed by atoms with Gasteiger partial charge in [0.1, 0.15) is 6.61 Å². The molecule has 1 heterocycles. The first kappa shape index (κ1) is 20.6. The highest BCUT2D eigenvalue weighted by Gasteiger charge is 2.30. The summed E-state index contributed by atoms with van der Waals surface area (Å²) in [6.45, 7) is 6.28. The summed E-state index contributed by atoms with van der Waals surface area (Å²) in [5, 5.41) is 12.0. The molecule has 2 rings (SSSR count). The first-order valence-corrected chi connectivity index (χ1v) is 9.25. The lowest BCUT2D eigenvalue weighted by Gasteiger charge is -2.19. The van der Waals surface area contributed by atoms with Gasteiger partial charge in [0.15, 0.2) is 0 Å². The quantitative estimate of drug-likeness (QED) is 0.431. The number of carbonyl (C=O) groups excluding carboxylic acids is 1. The van der Waals surface area contributed by atoms with Gasteiger partial charge in [-0.3, -0.25) is 4.79 Å². The molecule has 144 valence electrons. The Labute approximate surface area is 160 Å². The van der Waals surface area contributed by atoms with E-state index in [9.17, 15) is 9.59 Å². The van der Waals surface area contributed by atoms with E-state index in [0.29, 0.717) is 31.4 Å². The molecule has 27 heavy (non-hydrogen) atoms. The van der Waals surface area contributed by atoms with Crippen LogP contribution in [-0.4, -0.2) is 24.1 Å². The third kappa shape index (κ3) is 4.71. The van der Waals surface area contributed by atoms with Crippen LogP contribution in [0, 0.1) is 18.8 Å². The van der Waals surface area contributed by atoms with Gasteiger partial charge in [-0.1, -0.05) is 24.5 Å². The molecule has 0 atom stereocenters. The number of ether oxygens (including phenoxy) is 1. The number of benzene rings is 1. The number of esters is 1. The smallest absolute Gasteiger partial charge is 0.341 e. The Bertz CT molecular complexity index is 840. The van der Waals surface area contributed by atoms with Crippen LogP contribution >= 0.6 is 0 Å². The van der Waals surface area contributed by atoms with Gasteiger partial charge < -0.3 is 15.2 Å². The highest BCUT2D eigenvalue weighted by molar-refractivity contribution is 6.01. The number of carbonyl (C=O) groups is 2. The van der Waals surface area contributed by atoms with Crippen molar-refractivity contribution in [3.8, 4) is 11.8 Å². The van der Waals surface area contributed by atoms with E-state index in [1.165, 1.54) is 0 Å². The summed E-state index contributed by atoms with van der Waals surface area (Å²) in [4.78, 5) is 23.1. The minimum Gasteiger partial charge on any atom is -0.481 e. The summed E-state index contributed by atoms with van der Waals surface area (Å²) in [5.74, 6) is 5.23. The Kier molecular flexibility index (Phi) is 7.06. The second-order valence-corrected chi connectivity index (χ2v) is 6.67. The molecule has 0 saturated heterocycles. The summed E-state index contributed by atoms with van der Waals surface area (Å²) in [7, 11) is 1.81. The zero-order chi connectivity index (χ0) is 20.0. The molecule has 0 bridgehead atoms. The fourth-order valence-electron chi connectivity index (χ4n) is 3.36. The lowest BCUT2D eigenvalue weighted by atomic mass is 9.87. The van der Waals surface area contributed by atoms with Crippen molar-refractivity contribution in [3.63, 3.8) is 0 Å². The lowest BCUT2D eigenvalue weighted by molar-refractivity contribution is -0.136. The standard InChI is InChI=1S/C22H27NO4/c1-5-6-7-8-16-15(3)18-13-27-22(26)20(18)21(23-4)17(16)11-9-14(2)10-12-19(24)25/h9,23H,5,8,10-13H2,1-4H3,(H,24,25)/b14-9+. The summed E-state index contributed by atoms with van der Waals surface area (Å²) in [6.07, 6.45) is 4.71. The number of rotatable bonds is 7. The largest absolute Gasteiger partial charge is 0.481 e. The molecule has 2 N–H and O–H groups in total. The number of hydrogen-bond donors (Lipinski definition) is 2. The van der Waals surface area contributed by atoms with Crippen LogP contribution in [0.1, 0.15) is 65.7 Å². The van der Waals surface area contributed by atoms with Gasteiger partial charge in [-0.2, -0.15) is 0 Å². The van der Waals surface area contributed by atoms with Crippen LogP contribution in [0.5, 0.6) is 0 Å². The number of hydrogen-bond acceptors (Lipinski definition) is 4. The van der Waals surface area contributed by atoms with Gasteiger partial charge in [0, 0.05) is 31.9 Å². The highest BCUT2D eigenvalue weighted by atomic mass is 16.5. The van der Waals surface area contributed by atoms with Crippen molar-refractivity contribution in [1.82, 2.24) is 0 Å². The van der Waals surface area contributed by atoms with Crippen molar-refractivity contribution in [3.05, 3.63) is 39.5 Å². The third-order valence-electron chi connectivity index (χ3n) is 4.88. The molecular weight excluding hydrogens is 342 g/mol. The topological polar surface area (TPSA) is 75.6 Å². The molecule has 0 amide bonds. The van der Waals surface area contributed by atoms with Gasteiger partial charge in [0.2, 0.25) is 0 Å². The molecule has 0 aromatic heterocycles. The predicted octanol–water partition coefficient (Wildman–Crippen LogP) is 4.02. The Morgan fingerprint density at radius 1 is 1.30 bits per heavy atom. The van der Waals surface area contributed by atoms with Crippen LogP contribution in [-0.2, 0) is 29.0 Å². The molecule has 5 heteroatoms. The van der Waals surface area contributed by atoms with Crippen molar-refractivity contribution in [1.29, 1.82) is 0 Å². The van der Waals surface area contributed by atoms with E-state index in [2.05, 4.69) is 17.2 Å². The molecule has 0 saturated carbocycles. The van der Waals surface area contributed by atoms with E-state index in [-0.39, 0.29) is 12.4 Å². The molecule has 0 aliphatic carbocycles. The second kappa shape index (κ2) is 9.27. The molecule has 1 aliphatic rings. The molecule has 0 radical (unpaired) electrons. The van der Waals surface area contributed by atoms with Gasteiger partial charge in [-0.05, 0) is 43.4 Å². The summed E-state index contributed by atoms with van der Waals surface area (Å²) < 4.78 is 5.28. The van der Waals surface area contributed by atoms with Gasteiger partial charge >= 0.3 is 11.9 Å². The van der Waals surface area contributed by atoms with Crippen LogP contribution in [0.2, 0.25) is 0 Å². The van der Waals surface area contributed by atoms with Crippen molar-refractivity contribution >= 4 is 17.6 Å². The molecular formula is C22H27NO4. The minimum atomic E-state index is -0.801. The fourth-order valence-corrected chi connectivity index (χ4v) is 3.36. The predicted molar refractivity (Wildman–Crippen MR) is 106 cm³/mol. The van der Waals surface area contributed by atoms with Crippen LogP contribution in [0.25, 0.3) is 0 Å². The van der Waals surface area contributed by atoms with E-state index in [1.54, 1.807) is 0 Å². The number of nitrogens with one attached hydrogen (secondary N) is 1. The normalized spacial score (nSPS) is 12.9. The Balaban J connectivity index is 2.50. The number of carboxylic acid groups (broad SMARTS) is 1. The van der Waals surface area contributed by atoms with Crippen LogP contribution < -0.4 is 5.32 Å². The molecule has 1 aromatic carbocycles. The summed E-state index contributed by atoms with van der Waals surface area (Å²) >= 11 is 0. The van der Waals surface area contributed by atoms with Crippen LogP contribution in [0.4, 0.5) is 5.69 Å². The highest BCUT2D eigenvalue weighted by Crippen LogP contribution is 2.37. The zero-order valence-electron chi connectivity index (χ0n) is 16.5. The minimum absolute atomic E-state index is 0.117. The van der Waals surface area contributed by atoms with Crippen molar-refractivity contribution in [2.24, 2.45) is 0 Å². The summed E-state index contributed by atoms with van der Waals surface area (Å²) in [6, 6.07) is 0. The maximum absolute atomic E-state index is 12.3. The molecule has 0 fully saturated rings. The number of fused-ring (bicyclic) bond motifs is 1. The Hall–Kier alpha value is -2.74. The van der Waals surface area contributed by atoms with E-state index in [0.717, 1.165) is 39.9 Å². The van der Waals surface area contributed by atoms with Crippen molar-refractivity contribution < 1.29 is 19.4 Å². The summed E-state index contributed by atoms with van der Waals surface area (Å²) in [5.41, 5.74) is 6.60. The van der Waals surface area contributed by atoms with E-state index >= 15 is 0 Å². The van der Waals surface area contributed by atoms with Crippen LogP contribution in [0.15, 0.2) is 11.6 Å². The molecule has 0 spiro atoms. The first-order valence-electron chi connectivity index (χ1n) is 9.25. The first-order chi connectivity index (χ1) is 12.9. The number of anilines is 1. The number of carboxylic acids is 1. The molecule has 1 aliphatic heterocycles. The van der Waals surface area contributed by atoms with E-state index in [4.69, 9.17) is 9.84 Å². The van der Waals surface area contributed by atoms with E-state index in [1.807, 2.05) is 33.9 Å². The Morgan fingerprint density at radius 3 is 2.67 bits per heavy atom. The maximum Gasteiger partial charge on any atom is 0.341 e. The monoisotopic (exact) mass is 369 g/mol. The average Bonchev–Trinajstić information content (AvgIpc) is 3.02. The molecule has 0 unspecified atom stereocenters. The fraction of sp³-hybridized carbons (Fsp3) is 0.455. The molecule has 1 aromatic rings. The van der Waals surface area contributed by atoms with E-state index < -0.39 is 5.97 Å². The van der Waals surface area contributed by atoms with Gasteiger partial charge in [-0.15, -0.1) is 5.92 Å². The SMILES string of the molecule is CCC#CCc1c(C)c2c(c(NC)c1C/C=C(\C)CCC(=O)O)C(=O)OC2. The maximum atomic E-state index is 12.3. The van der Waals surface area contributed by atoms with Crippen LogP contribution in [0.3, 0.4) is 0 Å². The number of allylic oxidation sites excluding steroid dienone is 2. The van der Waals surface area contributed by atoms with Gasteiger partial charge in [0.25, 0.3) is 0 Å². The van der Waals surface area contributed by atoms with Gasteiger partial charge in [-0.25, -0.2) is 4.79 Å². The molecule has 5 nitrogen and oxygen atoms in total. The number of cyclic esters (lactones) is 1. The van der Waals surface area contributed by atoms with Crippen molar-refractivity contribution in [2.45, 2.75) is 59.5 Å². The zero-order valence-corrected chi connectivity index (χ0v) is 16.5. The number of aliphatic carboxylic acids is 1. The van der Waals surface area contributed by atoms with Crippen molar-refractivity contribution in [2.75, 3.05) is 12.4 Å². The second-order valence-electron chi connectivity index (χ2n) is 6.67.